The average molecular weight is 307 g/mol. The molecule has 1 unspecified atom stereocenters. The van der Waals surface area contributed by atoms with E-state index in [0.717, 1.165) is 5.56 Å². The monoisotopic (exact) mass is 307 g/mol. The maximum absolute atomic E-state index is 12.0. The molecule has 2 rings (SSSR count). The molecule has 0 saturated carbocycles. The highest BCUT2D eigenvalue weighted by molar-refractivity contribution is 6.01. The second-order valence-corrected chi connectivity index (χ2v) is 5.08. The van der Waals surface area contributed by atoms with E-state index in [4.69, 9.17) is 14.2 Å². The molecule has 120 valence electrons. The third-order valence-electron chi connectivity index (χ3n) is 3.69. The van der Waals surface area contributed by atoms with Gasteiger partial charge in [0.2, 0.25) is 0 Å². The van der Waals surface area contributed by atoms with E-state index in [2.05, 4.69) is 0 Å². The fourth-order valence-electron chi connectivity index (χ4n) is 2.63. The lowest BCUT2D eigenvalue weighted by Crippen LogP contribution is -2.26. The van der Waals surface area contributed by atoms with Crippen molar-refractivity contribution in [3.05, 3.63) is 23.8 Å². The molecule has 0 aromatic heterocycles. The van der Waals surface area contributed by atoms with E-state index in [9.17, 15) is 9.59 Å². The first-order valence-corrected chi connectivity index (χ1v) is 7.22. The van der Waals surface area contributed by atoms with Gasteiger partial charge in [0.15, 0.2) is 5.78 Å². The van der Waals surface area contributed by atoms with E-state index in [1.165, 1.54) is 0 Å². The zero-order chi connectivity index (χ0) is 16.1. The smallest absolute Gasteiger partial charge is 0.317 e. The SMILES string of the molecule is CCOC(=O)C1CN(Cc2c(OC)cccc2OC)CC1=O. The number of esters is 1. The molecule has 1 atom stereocenters. The molecule has 0 bridgehead atoms. The molecule has 1 aromatic rings. The topological polar surface area (TPSA) is 65.1 Å². The molecule has 22 heavy (non-hydrogen) atoms. The predicted octanol–water partition coefficient (Wildman–Crippen LogP) is 1.27. The van der Waals surface area contributed by atoms with Crippen LogP contribution in [0.2, 0.25) is 0 Å². The van der Waals surface area contributed by atoms with E-state index in [1.807, 2.05) is 23.1 Å². The van der Waals surface area contributed by atoms with Crippen molar-refractivity contribution >= 4 is 11.8 Å². The molecule has 0 aliphatic carbocycles. The molecule has 1 heterocycles. The van der Waals surface area contributed by atoms with Gasteiger partial charge in [-0.05, 0) is 19.1 Å². The Labute approximate surface area is 129 Å². The Hall–Kier alpha value is -2.08. The van der Waals surface area contributed by atoms with Crippen LogP contribution < -0.4 is 9.47 Å². The van der Waals surface area contributed by atoms with Crippen molar-refractivity contribution in [2.24, 2.45) is 5.92 Å². The van der Waals surface area contributed by atoms with Crippen LogP contribution in [0.15, 0.2) is 18.2 Å². The average Bonchev–Trinajstić information content (AvgIpc) is 2.88. The van der Waals surface area contributed by atoms with Crippen molar-refractivity contribution in [2.75, 3.05) is 33.9 Å². The minimum absolute atomic E-state index is 0.104. The van der Waals surface area contributed by atoms with Crippen molar-refractivity contribution in [1.82, 2.24) is 4.90 Å². The fourth-order valence-corrected chi connectivity index (χ4v) is 2.63. The lowest BCUT2D eigenvalue weighted by atomic mass is 10.1. The van der Waals surface area contributed by atoms with Crippen LogP contribution >= 0.6 is 0 Å². The molecule has 6 nitrogen and oxygen atoms in total. The number of methoxy groups -OCH3 is 2. The third kappa shape index (κ3) is 3.39. The summed E-state index contributed by atoms with van der Waals surface area (Å²) >= 11 is 0. The van der Waals surface area contributed by atoms with Gasteiger partial charge in [0.1, 0.15) is 17.4 Å². The van der Waals surface area contributed by atoms with Gasteiger partial charge in [-0.15, -0.1) is 0 Å². The summed E-state index contributed by atoms with van der Waals surface area (Å²) in [6.45, 7) is 3.08. The number of ether oxygens (including phenoxy) is 3. The van der Waals surface area contributed by atoms with Crippen LogP contribution in [0.25, 0.3) is 0 Å². The van der Waals surface area contributed by atoms with Crippen molar-refractivity contribution in [3.8, 4) is 11.5 Å². The van der Waals surface area contributed by atoms with Crippen molar-refractivity contribution in [3.63, 3.8) is 0 Å². The van der Waals surface area contributed by atoms with Gasteiger partial charge in [0.05, 0.1) is 32.9 Å². The zero-order valence-electron chi connectivity index (χ0n) is 13.1. The van der Waals surface area contributed by atoms with Crippen LogP contribution in [0, 0.1) is 5.92 Å². The molecular formula is C16H21NO5. The fraction of sp³-hybridized carbons (Fsp3) is 0.500. The molecule has 1 fully saturated rings. The number of hydrogen-bond acceptors (Lipinski definition) is 6. The number of carbonyl (C=O) groups excluding carboxylic acids is 2. The molecule has 0 radical (unpaired) electrons. The summed E-state index contributed by atoms with van der Waals surface area (Å²) in [6, 6.07) is 5.54. The number of nitrogens with zero attached hydrogens (tertiary/aromatic N) is 1. The second kappa shape index (κ2) is 7.26. The Balaban J connectivity index is 2.13. The Morgan fingerprint density at radius 2 is 1.91 bits per heavy atom. The molecule has 1 aliphatic heterocycles. The quantitative estimate of drug-likeness (QED) is 0.582. The number of likely N-dealkylation sites (tertiary alicyclic amines) is 1. The Morgan fingerprint density at radius 3 is 2.45 bits per heavy atom. The second-order valence-electron chi connectivity index (χ2n) is 5.08. The first kappa shape index (κ1) is 16.3. The van der Waals surface area contributed by atoms with Gasteiger partial charge in [0, 0.05) is 13.1 Å². The van der Waals surface area contributed by atoms with Gasteiger partial charge >= 0.3 is 5.97 Å². The van der Waals surface area contributed by atoms with Gasteiger partial charge in [-0.1, -0.05) is 6.07 Å². The van der Waals surface area contributed by atoms with Crippen LogP contribution in [-0.2, 0) is 20.9 Å². The number of Topliss-reactive ketones (excluding diaryl/α,β-unsaturated/α-hetero) is 1. The largest absolute Gasteiger partial charge is 0.496 e. The summed E-state index contributed by atoms with van der Waals surface area (Å²) in [5.74, 6) is 0.160. The normalized spacial score (nSPS) is 18.3. The molecule has 0 N–H and O–H groups in total. The third-order valence-corrected chi connectivity index (χ3v) is 3.69. The Morgan fingerprint density at radius 1 is 1.27 bits per heavy atom. The highest BCUT2D eigenvalue weighted by Crippen LogP contribution is 2.30. The number of ketones is 1. The first-order chi connectivity index (χ1) is 10.6. The van der Waals surface area contributed by atoms with Crippen LogP contribution in [0.4, 0.5) is 0 Å². The lowest BCUT2D eigenvalue weighted by Gasteiger charge is -2.19. The van der Waals surface area contributed by atoms with Crippen molar-refractivity contribution in [2.45, 2.75) is 13.5 Å². The van der Waals surface area contributed by atoms with Crippen LogP contribution in [-0.4, -0.2) is 50.6 Å². The lowest BCUT2D eigenvalue weighted by molar-refractivity contribution is -0.149. The molecule has 1 saturated heterocycles. The number of hydrogen-bond donors (Lipinski definition) is 0. The molecule has 6 heteroatoms. The van der Waals surface area contributed by atoms with E-state index < -0.39 is 11.9 Å². The summed E-state index contributed by atoms with van der Waals surface area (Å²) in [5, 5.41) is 0. The van der Waals surface area contributed by atoms with Crippen molar-refractivity contribution in [1.29, 1.82) is 0 Å². The Kier molecular flexibility index (Phi) is 5.38. The standard InChI is InChI=1S/C16H21NO5/c1-4-22-16(19)11-8-17(10-13(11)18)9-12-14(20-2)6-5-7-15(12)21-3/h5-7,11H,4,8-10H2,1-3H3. The summed E-state index contributed by atoms with van der Waals surface area (Å²) in [5.41, 5.74) is 0.866. The first-order valence-electron chi connectivity index (χ1n) is 7.22. The van der Waals surface area contributed by atoms with E-state index in [-0.39, 0.29) is 18.9 Å². The van der Waals surface area contributed by atoms with Gasteiger partial charge in [-0.25, -0.2) is 0 Å². The maximum Gasteiger partial charge on any atom is 0.317 e. The number of carbonyl (C=O) groups is 2. The molecule has 0 amide bonds. The molecule has 1 aliphatic rings. The highest BCUT2D eigenvalue weighted by Gasteiger charge is 2.37. The molecule has 0 spiro atoms. The van der Waals surface area contributed by atoms with E-state index in [1.54, 1.807) is 21.1 Å². The summed E-state index contributed by atoms with van der Waals surface area (Å²) < 4.78 is 15.7. The van der Waals surface area contributed by atoms with E-state index in [0.29, 0.717) is 24.6 Å². The van der Waals surface area contributed by atoms with Gasteiger partial charge < -0.3 is 14.2 Å². The van der Waals surface area contributed by atoms with Crippen LogP contribution in [0.3, 0.4) is 0 Å². The molecule has 1 aromatic carbocycles. The predicted molar refractivity (Wildman–Crippen MR) is 80.0 cm³/mol. The van der Waals surface area contributed by atoms with Gasteiger partial charge in [-0.3, -0.25) is 14.5 Å². The van der Waals surface area contributed by atoms with Gasteiger partial charge in [0.25, 0.3) is 0 Å². The summed E-state index contributed by atoms with van der Waals surface area (Å²) in [7, 11) is 3.18. The zero-order valence-corrected chi connectivity index (χ0v) is 13.1. The highest BCUT2D eigenvalue weighted by atomic mass is 16.5. The number of rotatable bonds is 6. The van der Waals surface area contributed by atoms with Crippen LogP contribution in [0.5, 0.6) is 11.5 Å². The minimum atomic E-state index is -0.694. The van der Waals surface area contributed by atoms with Gasteiger partial charge in [-0.2, -0.15) is 0 Å². The van der Waals surface area contributed by atoms with Crippen molar-refractivity contribution < 1.29 is 23.8 Å². The summed E-state index contributed by atoms with van der Waals surface area (Å²) in [4.78, 5) is 25.7. The Bertz CT molecular complexity index is 535. The minimum Gasteiger partial charge on any atom is -0.496 e. The maximum atomic E-state index is 12.0. The number of benzene rings is 1. The molecular weight excluding hydrogens is 286 g/mol. The van der Waals surface area contributed by atoms with E-state index >= 15 is 0 Å². The van der Waals surface area contributed by atoms with Crippen LogP contribution in [0.1, 0.15) is 12.5 Å². The summed E-state index contributed by atoms with van der Waals surface area (Å²) in [6.07, 6.45) is 0.